The van der Waals surface area contributed by atoms with Gasteiger partial charge in [-0.2, -0.15) is 0 Å². The zero-order valence-corrected chi connectivity index (χ0v) is 10.5. The summed E-state index contributed by atoms with van der Waals surface area (Å²) in [4.78, 5) is 10.7. The van der Waals surface area contributed by atoms with Gasteiger partial charge in [-0.1, -0.05) is 13.8 Å². The first-order valence-corrected chi connectivity index (χ1v) is 7.14. The van der Waals surface area contributed by atoms with E-state index >= 15 is 0 Å². The van der Waals surface area contributed by atoms with Crippen LogP contribution in [0.2, 0.25) is 0 Å². The molecule has 0 aliphatic carbocycles. The van der Waals surface area contributed by atoms with Gasteiger partial charge in [0.1, 0.15) is 0 Å². The van der Waals surface area contributed by atoms with Gasteiger partial charge < -0.3 is 5.11 Å². The highest BCUT2D eigenvalue weighted by molar-refractivity contribution is 7.89. The summed E-state index contributed by atoms with van der Waals surface area (Å²) < 4.78 is 25.1. The second-order valence-corrected chi connectivity index (χ2v) is 6.70. The molecule has 16 heavy (non-hydrogen) atoms. The molecule has 1 heterocycles. The van der Waals surface area contributed by atoms with Crippen LogP contribution in [0.3, 0.4) is 0 Å². The molecule has 1 aliphatic heterocycles. The zero-order valence-electron chi connectivity index (χ0n) is 9.72. The summed E-state index contributed by atoms with van der Waals surface area (Å²) in [7, 11) is -3.19. The van der Waals surface area contributed by atoms with Crippen molar-refractivity contribution in [2.24, 2.45) is 11.8 Å². The van der Waals surface area contributed by atoms with Crippen molar-refractivity contribution in [3.05, 3.63) is 0 Å². The van der Waals surface area contributed by atoms with E-state index in [0.717, 1.165) is 0 Å². The molecule has 5 nitrogen and oxygen atoms in total. The molecule has 0 unspecified atom stereocenters. The fraction of sp³-hybridized carbons (Fsp3) is 0.900. The zero-order chi connectivity index (χ0) is 12.3. The van der Waals surface area contributed by atoms with Gasteiger partial charge in [-0.15, -0.1) is 0 Å². The van der Waals surface area contributed by atoms with E-state index in [-0.39, 0.29) is 17.6 Å². The van der Waals surface area contributed by atoms with Crippen molar-refractivity contribution < 1.29 is 18.3 Å². The third-order valence-electron chi connectivity index (χ3n) is 2.74. The molecular formula is C10H19NO4S. The highest BCUT2D eigenvalue weighted by atomic mass is 32.2. The van der Waals surface area contributed by atoms with Crippen molar-refractivity contribution >= 4 is 16.0 Å². The summed E-state index contributed by atoms with van der Waals surface area (Å²) in [6.07, 6.45) is 0.847. The smallest absolute Gasteiger partial charge is 0.306 e. The van der Waals surface area contributed by atoms with Crippen LogP contribution in [0.1, 0.15) is 26.7 Å². The number of hydrogen-bond donors (Lipinski definition) is 1. The molecule has 0 aromatic rings. The Morgan fingerprint density at radius 1 is 1.38 bits per heavy atom. The summed E-state index contributed by atoms with van der Waals surface area (Å²) in [6, 6.07) is 0. The number of rotatable bonds is 4. The fourth-order valence-electron chi connectivity index (χ4n) is 1.91. The van der Waals surface area contributed by atoms with Gasteiger partial charge in [0.15, 0.2) is 0 Å². The number of nitrogens with zero attached hydrogens (tertiary/aromatic N) is 1. The summed E-state index contributed by atoms with van der Waals surface area (Å²) >= 11 is 0. The van der Waals surface area contributed by atoms with Crippen LogP contribution in [-0.4, -0.2) is 42.6 Å². The quantitative estimate of drug-likeness (QED) is 0.798. The Labute approximate surface area is 96.5 Å². The average Bonchev–Trinajstić information content (AvgIpc) is 2.16. The van der Waals surface area contributed by atoms with Gasteiger partial charge in [-0.3, -0.25) is 4.79 Å². The standard InChI is InChI=1S/C10H19NO4S/c1-8(2)7-16(14,15)11-5-3-9(4-6-11)10(12)13/h8-9H,3-7H2,1-2H3,(H,12,13). The van der Waals surface area contributed by atoms with E-state index in [1.807, 2.05) is 13.8 Å². The molecule has 0 atom stereocenters. The van der Waals surface area contributed by atoms with Gasteiger partial charge in [-0.05, 0) is 18.8 Å². The molecule has 94 valence electrons. The first-order valence-electron chi connectivity index (χ1n) is 5.53. The minimum absolute atomic E-state index is 0.0993. The third kappa shape index (κ3) is 3.45. The van der Waals surface area contributed by atoms with Gasteiger partial charge in [-0.25, -0.2) is 12.7 Å². The predicted octanol–water partition coefficient (Wildman–Crippen LogP) is 0.769. The fourth-order valence-corrected chi connectivity index (χ4v) is 3.73. The number of carboxylic acid groups (broad SMARTS) is 1. The molecule has 1 N–H and O–H groups in total. The van der Waals surface area contributed by atoms with E-state index in [2.05, 4.69) is 0 Å². The Hall–Kier alpha value is -0.620. The molecule has 0 bridgehead atoms. The first-order chi connectivity index (χ1) is 7.33. The molecule has 0 amide bonds. The first kappa shape index (κ1) is 13.4. The molecule has 0 aromatic heterocycles. The lowest BCUT2D eigenvalue weighted by atomic mass is 9.99. The monoisotopic (exact) mass is 249 g/mol. The Bertz CT molecular complexity index is 342. The van der Waals surface area contributed by atoms with Crippen molar-refractivity contribution in [1.82, 2.24) is 4.31 Å². The molecule has 0 spiro atoms. The number of hydrogen-bond acceptors (Lipinski definition) is 3. The van der Waals surface area contributed by atoms with Gasteiger partial charge >= 0.3 is 5.97 Å². The molecule has 0 aromatic carbocycles. The SMILES string of the molecule is CC(C)CS(=O)(=O)N1CCC(C(=O)O)CC1. The highest BCUT2D eigenvalue weighted by Gasteiger charge is 2.30. The van der Waals surface area contributed by atoms with Gasteiger partial charge in [0.05, 0.1) is 11.7 Å². The molecule has 1 aliphatic rings. The van der Waals surface area contributed by atoms with E-state index < -0.39 is 16.0 Å². The van der Waals surface area contributed by atoms with Crippen molar-refractivity contribution in [3.63, 3.8) is 0 Å². The maximum atomic E-state index is 11.9. The summed E-state index contributed by atoms with van der Waals surface area (Å²) in [6.45, 7) is 4.40. The average molecular weight is 249 g/mol. The van der Waals surface area contributed by atoms with Crippen LogP contribution in [0, 0.1) is 11.8 Å². The van der Waals surface area contributed by atoms with Crippen LogP contribution in [0.15, 0.2) is 0 Å². The largest absolute Gasteiger partial charge is 0.481 e. The van der Waals surface area contributed by atoms with Gasteiger partial charge in [0.2, 0.25) is 10.0 Å². The van der Waals surface area contributed by atoms with E-state index in [0.29, 0.717) is 25.9 Å². The van der Waals surface area contributed by atoms with E-state index in [1.54, 1.807) is 0 Å². The van der Waals surface area contributed by atoms with E-state index in [4.69, 9.17) is 5.11 Å². The Balaban J connectivity index is 2.56. The molecule has 0 saturated carbocycles. The minimum Gasteiger partial charge on any atom is -0.481 e. The second-order valence-electron chi connectivity index (χ2n) is 4.68. The lowest BCUT2D eigenvalue weighted by molar-refractivity contribution is -0.142. The predicted molar refractivity (Wildman–Crippen MR) is 60.6 cm³/mol. The van der Waals surface area contributed by atoms with Crippen LogP contribution in [0.25, 0.3) is 0 Å². The molecule has 1 saturated heterocycles. The molecule has 6 heteroatoms. The summed E-state index contributed by atoms with van der Waals surface area (Å²) in [5.41, 5.74) is 0. The number of sulfonamides is 1. The summed E-state index contributed by atoms with van der Waals surface area (Å²) in [5.74, 6) is -0.960. The maximum absolute atomic E-state index is 11.9. The normalized spacial score (nSPS) is 20.2. The minimum atomic E-state index is -3.19. The van der Waals surface area contributed by atoms with Crippen LogP contribution in [0.5, 0.6) is 0 Å². The Kier molecular flexibility index (Phi) is 4.32. The van der Waals surface area contributed by atoms with E-state index in [1.165, 1.54) is 4.31 Å². The number of carboxylic acids is 1. The van der Waals surface area contributed by atoms with Crippen molar-refractivity contribution in [3.8, 4) is 0 Å². The number of aliphatic carboxylic acids is 1. The Morgan fingerprint density at radius 3 is 2.25 bits per heavy atom. The lowest BCUT2D eigenvalue weighted by Gasteiger charge is -2.29. The van der Waals surface area contributed by atoms with Gasteiger partial charge in [0, 0.05) is 13.1 Å². The van der Waals surface area contributed by atoms with Crippen molar-refractivity contribution in [2.75, 3.05) is 18.8 Å². The van der Waals surface area contributed by atoms with Crippen LogP contribution < -0.4 is 0 Å². The van der Waals surface area contributed by atoms with Crippen LogP contribution >= 0.6 is 0 Å². The topological polar surface area (TPSA) is 74.7 Å². The third-order valence-corrected chi connectivity index (χ3v) is 4.98. The molecule has 0 radical (unpaired) electrons. The molecule has 1 rings (SSSR count). The highest BCUT2D eigenvalue weighted by Crippen LogP contribution is 2.20. The number of carbonyl (C=O) groups is 1. The molecule has 1 fully saturated rings. The van der Waals surface area contributed by atoms with Crippen LogP contribution in [-0.2, 0) is 14.8 Å². The van der Waals surface area contributed by atoms with Gasteiger partial charge in [0.25, 0.3) is 0 Å². The second kappa shape index (κ2) is 5.14. The van der Waals surface area contributed by atoms with Crippen molar-refractivity contribution in [2.45, 2.75) is 26.7 Å². The maximum Gasteiger partial charge on any atom is 0.306 e. The number of piperidine rings is 1. The lowest BCUT2D eigenvalue weighted by Crippen LogP contribution is -2.42. The Morgan fingerprint density at radius 2 is 1.88 bits per heavy atom. The van der Waals surface area contributed by atoms with Crippen molar-refractivity contribution in [1.29, 1.82) is 0 Å². The summed E-state index contributed by atoms with van der Waals surface area (Å²) in [5, 5.41) is 8.80. The molecular weight excluding hydrogens is 230 g/mol. The van der Waals surface area contributed by atoms with Crippen LogP contribution in [0.4, 0.5) is 0 Å². The van der Waals surface area contributed by atoms with E-state index in [9.17, 15) is 13.2 Å².